The van der Waals surface area contributed by atoms with Crippen LogP contribution in [0.2, 0.25) is 0 Å². The second-order valence-corrected chi connectivity index (χ2v) is 7.18. The minimum Gasteiger partial charge on any atom is -0.341 e. The lowest BCUT2D eigenvalue weighted by atomic mass is 10.1. The molecule has 0 aliphatic carbocycles. The standard InChI is InChI=1S/C20H24N4O2/c1-15-5-2-3-6-18(15)20(26)23-14-17-8-10-21-24(17)12-9-16(23)13-22-11-4-7-19(22)25/h2-3,5-6,8,10,16H,4,7,9,11-14H2,1H3. The molecule has 0 spiro atoms. The fraction of sp³-hybridized carbons (Fsp3) is 0.450. The van der Waals surface area contributed by atoms with Crippen LogP contribution in [0, 0.1) is 6.92 Å². The number of likely N-dealkylation sites (tertiary alicyclic amines) is 1. The predicted molar refractivity (Wildman–Crippen MR) is 97.5 cm³/mol. The van der Waals surface area contributed by atoms with Crippen molar-refractivity contribution in [2.45, 2.75) is 45.3 Å². The molecule has 1 atom stereocenters. The van der Waals surface area contributed by atoms with E-state index in [1.165, 1.54) is 0 Å². The second-order valence-electron chi connectivity index (χ2n) is 7.18. The number of hydrogen-bond donors (Lipinski definition) is 0. The number of nitrogens with zero attached hydrogens (tertiary/aromatic N) is 4. The van der Waals surface area contributed by atoms with Crippen molar-refractivity contribution in [3.63, 3.8) is 0 Å². The molecule has 1 saturated heterocycles. The summed E-state index contributed by atoms with van der Waals surface area (Å²) in [6.45, 7) is 4.67. The molecule has 1 fully saturated rings. The summed E-state index contributed by atoms with van der Waals surface area (Å²) in [5.41, 5.74) is 2.76. The normalized spacial score (nSPS) is 20.2. The van der Waals surface area contributed by atoms with Gasteiger partial charge in [-0.05, 0) is 37.5 Å². The van der Waals surface area contributed by atoms with Crippen LogP contribution in [0.3, 0.4) is 0 Å². The van der Waals surface area contributed by atoms with Crippen molar-refractivity contribution >= 4 is 11.8 Å². The zero-order valence-electron chi connectivity index (χ0n) is 15.1. The van der Waals surface area contributed by atoms with E-state index in [-0.39, 0.29) is 17.9 Å². The monoisotopic (exact) mass is 352 g/mol. The Kier molecular flexibility index (Phi) is 4.49. The quantitative estimate of drug-likeness (QED) is 0.851. The fourth-order valence-corrected chi connectivity index (χ4v) is 3.97. The van der Waals surface area contributed by atoms with Gasteiger partial charge in [-0.25, -0.2) is 0 Å². The third kappa shape index (κ3) is 3.11. The summed E-state index contributed by atoms with van der Waals surface area (Å²) in [7, 11) is 0. The van der Waals surface area contributed by atoms with Gasteiger partial charge in [-0.2, -0.15) is 5.10 Å². The number of carbonyl (C=O) groups is 2. The molecule has 2 aliphatic heterocycles. The van der Waals surface area contributed by atoms with Crippen molar-refractivity contribution in [3.05, 3.63) is 53.3 Å². The SMILES string of the molecule is Cc1ccccc1C(=O)N1Cc2ccnn2CCC1CN1CCCC1=O. The van der Waals surface area contributed by atoms with E-state index in [0.29, 0.717) is 19.5 Å². The molecule has 0 bridgehead atoms. The predicted octanol–water partition coefficient (Wildman–Crippen LogP) is 2.23. The summed E-state index contributed by atoms with van der Waals surface area (Å²) >= 11 is 0. The molecule has 26 heavy (non-hydrogen) atoms. The highest BCUT2D eigenvalue weighted by molar-refractivity contribution is 5.95. The van der Waals surface area contributed by atoms with Gasteiger partial charge >= 0.3 is 0 Å². The van der Waals surface area contributed by atoms with Crippen LogP contribution in [0.25, 0.3) is 0 Å². The molecule has 1 unspecified atom stereocenters. The molecule has 0 saturated carbocycles. The number of rotatable bonds is 3. The maximum absolute atomic E-state index is 13.4. The zero-order valence-corrected chi connectivity index (χ0v) is 15.1. The molecule has 6 nitrogen and oxygen atoms in total. The molecule has 1 aromatic heterocycles. The molecule has 6 heteroatoms. The van der Waals surface area contributed by atoms with Crippen LogP contribution >= 0.6 is 0 Å². The van der Waals surface area contributed by atoms with Gasteiger partial charge < -0.3 is 9.80 Å². The number of amides is 2. The molecule has 136 valence electrons. The first kappa shape index (κ1) is 16.8. The first-order valence-corrected chi connectivity index (χ1v) is 9.28. The second kappa shape index (κ2) is 6.94. The van der Waals surface area contributed by atoms with E-state index in [4.69, 9.17) is 0 Å². The van der Waals surface area contributed by atoms with Crippen molar-refractivity contribution in [2.24, 2.45) is 0 Å². The summed E-state index contributed by atoms with van der Waals surface area (Å²) < 4.78 is 1.98. The molecular formula is C20H24N4O2. The van der Waals surface area contributed by atoms with E-state index in [9.17, 15) is 9.59 Å². The van der Waals surface area contributed by atoms with E-state index in [1.54, 1.807) is 6.20 Å². The summed E-state index contributed by atoms with van der Waals surface area (Å²) in [6, 6.07) is 9.69. The van der Waals surface area contributed by atoms with Crippen LogP contribution in [-0.2, 0) is 17.9 Å². The number of carbonyl (C=O) groups excluding carboxylic acids is 2. The highest BCUT2D eigenvalue weighted by Crippen LogP contribution is 2.23. The Balaban J connectivity index is 1.64. The van der Waals surface area contributed by atoms with Crippen LogP contribution in [0.1, 0.15) is 40.9 Å². The number of benzene rings is 1. The lowest BCUT2D eigenvalue weighted by Gasteiger charge is -2.33. The molecule has 2 aliphatic rings. The lowest BCUT2D eigenvalue weighted by molar-refractivity contribution is -0.128. The van der Waals surface area contributed by atoms with Crippen molar-refractivity contribution in [1.82, 2.24) is 19.6 Å². The van der Waals surface area contributed by atoms with Gasteiger partial charge in [0.2, 0.25) is 5.91 Å². The number of aromatic nitrogens is 2. The fourth-order valence-electron chi connectivity index (χ4n) is 3.97. The molecule has 0 N–H and O–H groups in total. The Bertz CT molecular complexity index is 829. The Labute approximate surface area is 153 Å². The molecule has 2 amide bonds. The number of hydrogen-bond acceptors (Lipinski definition) is 3. The van der Waals surface area contributed by atoms with E-state index < -0.39 is 0 Å². The van der Waals surface area contributed by atoms with Gasteiger partial charge in [0.25, 0.3) is 5.91 Å². The van der Waals surface area contributed by atoms with E-state index >= 15 is 0 Å². The molecule has 2 aromatic rings. The summed E-state index contributed by atoms with van der Waals surface area (Å²) in [4.78, 5) is 29.3. The van der Waals surface area contributed by atoms with Crippen LogP contribution in [0.4, 0.5) is 0 Å². The van der Waals surface area contributed by atoms with Crippen molar-refractivity contribution in [1.29, 1.82) is 0 Å². The Hall–Kier alpha value is -2.63. The minimum atomic E-state index is 0.00542. The Morgan fingerprint density at radius 1 is 1.23 bits per heavy atom. The third-order valence-corrected chi connectivity index (χ3v) is 5.49. The highest BCUT2D eigenvalue weighted by atomic mass is 16.2. The minimum absolute atomic E-state index is 0.00542. The van der Waals surface area contributed by atoms with Gasteiger partial charge in [0.05, 0.1) is 18.3 Å². The van der Waals surface area contributed by atoms with Crippen molar-refractivity contribution in [2.75, 3.05) is 13.1 Å². The van der Waals surface area contributed by atoms with Crippen molar-refractivity contribution < 1.29 is 9.59 Å². The molecule has 0 radical (unpaired) electrons. The maximum atomic E-state index is 13.4. The topological polar surface area (TPSA) is 58.4 Å². The van der Waals surface area contributed by atoms with Crippen LogP contribution in [0.15, 0.2) is 36.5 Å². The van der Waals surface area contributed by atoms with Crippen LogP contribution in [-0.4, -0.2) is 50.5 Å². The largest absolute Gasteiger partial charge is 0.341 e. The van der Waals surface area contributed by atoms with E-state index in [0.717, 1.165) is 42.8 Å². The third-order valence-electron chi connectivity index (χ3n) is 5.49. The molecule has 1 aromatic carbocycles. The molecule has 3 heterocycles. The van der Waals surface area contributed by atoms with Gasteiger partial charge in [-0.1, -0.05) is 18.2 Å². The summed E-state index contributed by atoms with van der Waals surface area (Å²) in [5.74, 6) is 0.240. The van der Waals surface area contributed by atoms with Gasteiger partial charge in [0.1, 0.15) is 0 Å². The maximum Gasteiger partial charge on any atom is 0.254 e. The first-order chi connectivity index (χ1) is 12.6. The van der Waals surface area contributed by atoms with Gasteiger partial charge in [0, 0.05) is 37.8 Å². The first-order valence-electron chi connectivity index (χ1n) is 9.28. The molecular weight excluding hydrogens is 328 g/mol. The zero-order chi connectivity index (χ0) is 18.1. The van der Waals surface area contributed by atoms with E-state index in [2.05, 4.69) is 5.10 Å². The average molecular weight is 352 g/mol. The van der Waals surface area contributed by atoms with Gasteiger partial charge in [0.15, 0.2) is 0 Å². The van der Waals surface area contributed by atoms with Gasteiger partial charge in [-0.3, -0.25) is 14.3 Å². The summed E-state index contributed by atoms with van der Waals surface area (Å²) in [5, 5.41) is 4.38. The molecule has 4 rings (SSSR count). The number of aryl methyl sites for hydroxylation is 2. The van der Waals surface area contributed by atoms with Crippen LogP contribution in [0.5, 0.6) is 0 Å². The van der Waals surface area contributed by atoms with E-state index in [1.807, 2.05) is 51.7 Å². The Morgan fingerprint density at radius 2 is 2.08 bits per heavy atom. The van der Waals surface area contributed by atoms with Crippen molar-refractivity contribution in [3.8, 4) is 0 Å². The lowest BCUT2D eigenvalue weighted by Crippen LogP contribution is -2.46. The average Bonchev–Trinajstić information content (AvgIpc) is 3.21. The number of fused-ring (bicyclic) bond motifs is 1. The van der Waals surface area contributed by atoms with Gasteiger partial charge in [-0.15, -0.1) is 0 Å². The smallest absolute Gasteiger partial charge is 0.254 e. The van der Waals surface area contributed by atoms with Crippen LogP contribution < -0.4 is 0 Å². The highest BCUT2D eigenvalue weighted by Gasteiger charge is 2.32. The Morgan fingerprint density at radius 3 is 2.85 bits per heavy atom. The summed E-state index contributed by atoms with van der Waals surface area (Å²) in [6.07, 6.45) is 4.13.